The van der Waals surface area contributed by atoms with Gasteiger partial charge in [0.1, 0.15) is 5.60 Å². The minimum absolute atomic E-state index is 0.578. The first-order chi connectivity index (χ1) is 7.35. The first-order valence-electron chi connectivity index (χ1n) is 4.94. The largest absolute Gasteiger partial charge is 0.506 e. The molecule has 0 bridgehead atoms. The molecule has 1 N–H and O–H groups in total. The molecule has 1 aromatic carbocycles. The third-order valence-electron chi connectivity index (χ3n) is 1.43. The summed E-state index contributed by atoms with van der Waals surface area (Å²) in [5.41, 5.74) is 0.596. The maximum absolute atomic E-state index is 9.79. The summed E-state index contributed by atoms with van der Waals surface area (Å²) in [5.74, 6) is 0. The van der Waals surface area contributed by atoms with Gasteiger partial charge in [-0.2, -0.15) is 0 Å². The lowest BCUT2D eigenvalue weighted by atomic mass is 10.2. The van der Waals surface area contributed by atoms with Crippen molar-refractivity contribution in [2.75, 3.05) is 0 Å². The van der Waals surface area contributed by atoms with E-state index in [1.54, 1.807) is 20.8 Å². The van der Waals surface area contributed by atoms with Crippen LogP contribution in [0.25, 0.3) is 6.08 Å². The lowest BCUT2D eigenvalue weighted by Gasteiger charge is -2.15. The van der Waals surface area contributed by atoms with Gasteiger partial charge >= 0.3 is 6.16 Å². The minimum Gasteiger partial charge on any atom is -0.450 e. The van der Waals surface area contributed by atoms with Crippen LogP contribution in [0.2, 0.25) is 0 Å². The van der Waals surface area contributed by atoms with Gasteiger partial charge < -0.3 is 9.84 Å². The molecule has 0 spiro atoms. The summed E-state index contributed by atoms with van der Waals surface area (Å²) < 4.78 is 4.35. The van der Waals surface area contributed by atoms with E-state index in [1.807, 2.05) is 36.4 Å². The normalized spacial score (nSPS) is 9.69. The zero-order chi connectivity index (χ0) is 12.6. The topological polar surface area (TPSA) is 46.5 Å². The molecule has 0 aliphatic carbocycles. The predicted molar refractivity (Wildman–Crippen MR) is 65.4 cm³/mol. The number of carbonyl (C=O) groups is 1. The molecule has 0 heterocycles. The minimum atomic E-state index is -1.22. The second-order valence-electron chi connectivity index (χ2n) is 4.10. The number of hydrogen-bond donors (Lipinski definition) is 1. The summed E-state index contributed by atoms with van der Waals surface area (Å²) in [6.45, 7) is 8.68. The monoisotopic (exact) mass is 222 g/mol. The van der Waals surface area contributed by atoms with Crippen LogP contribution < -0.4 is 0 Å². The number of ether oxygens (including phenoxy) is 1. The van der Waals surface area contributed by atoms with Crippen LogP contribution in [0.15, 0.2) is 36.9 Å². The van der Waals surface area contributed by atoms with Crippen LogP contribution >= 0.6 is 0 Å². The molecule has 0 saturated heterocycles. The van der Waals surface area contributed by atoms with Gasteiger partial charge in [0.05, 0.1) is 0 Å². The first-order valence-corrected chi connectivity index (χ1v) is 4.94. The van der Waals surface area contributed by atoms with Crippen LogP contribution in [-0.4, -0.2) is 16.9 Å². The maximum Gasteiger partial charge on any atom is 0.506 e. The highest BCUT2D eigenvalue weighted by Crippen LogP contribution is 2.05. The second-order valence-corrected chi connectivity index (χ2v) is 4.10. The molecule has 0 atom stereocenters. The van der Waals surface area contributed by atoms with Crippen LogP contribution in [0, 0.1) is 0 Å². The van der Waals surface area contributed by atoms with Crippen LogP contribution in [0.1, 0.15) is 26.3 Å². The van der Waals surface area contributed by atoms with Crippen LogP contribution in [0.3, 0.4) is 0 Å². The molecule has 0 aromatic heterocycles. The van der Waals surface area contributed by atoms with Gasteiger partial charge in [-0.15, -0.1) is 0 Å². The van der Waals surface area contributed by atoms with Gasteiger partial charge in [0.15, 0.2) is 0 Å². The Morgan fingerprint density at radius 2 is 1.81 bits per heavy atom. The zero-order valence-corrected chi connectivity index (χ0v) is 9.93. The molecule has 0 amide bonds. The molecular weight excluding hydrogens is 204 g/mol. The average Bonchev–Trinajstić information content (AvgIpc) is 2.16. The summed E-state index contributed by atoms with van der Waals surface area (Å²) in [4.78, 5) is 9.79. The SMILES string of the molecule is C=Cc1ccccc1.CC(C)(C)OC(=O)O. The molecule has 1 aromatic rings. The lowest BCUT2D eigenvalue weighted by Crippen LogP contribution is -2.22. The van der Waals surface area contributed by atoms with Gasteiger partial charge in [0, 0.05) is 0 Å². The van der Waals surface area contributed by atoms with Crippen LogP contribution in [-0.2, 0) is 4.74 Å². The maximum atomic E-state index is 9.79. The van der Waals surface area contributed by atoms with E-state index in [-0.39, 0.29) is 0 Å². The summed E-state index contributed by atoms with van der Waals surface area (Å²) in [7, 11) is 0. The summed E-state index contributed by atoms with van der Waals surface area (Å²) in [5, 5.41) is 8.03. The molecular formula is C13H18O3. The first kappa shape index (κ1) is 14.2. The molecule has 88 valence electrons. The molecule has 0 saturated carbocycles. The zero-order valence-electron chi connectivity index (χ0n) is 9.93. The molecule has 0 radical (unpaired) electrons. The average molecular weight is 222 g/mol. The Kier molecular flexibility index (Phi) is 5.93. The van der Waals surface area contributed by atoms with E-state index in [0.717, 1.165) is 0 Å². The molecule has 0 aliphatic rings. The van der Waals surface area contributed by atoms with E-state index >= 15 is 0 Å². The molecule has 0 fully saturated rings. The van der Waals surface area contributed by atoms with Crippen molar-refractivity contribution in [3.05, 3.63) is 42.5 Å². The van der Waals surface area contributed by atoms with E-state index in [1.165, 1.54) is 5.56 Å². The molecule has 3 nitrogen and oxygen atoms in total. The second kappa shape index (κ2) is 6.67. The van der Waals surface area contributed by atoms with E-state index in [4.69, 9.17) is 5.11 Å². The fraction of sp³-hybridized carbons (Fsp3) is 0.308. The number of hydrogen-bond acceptors (Lipinski definition) is 2. The number of carboxylic acid groups (broad SMARTS) is 1. The van der Waals surface area contributed by atoms with Crippen molar-refractivity contribution in [3.63, 3.8) is 0 Å². The van der Waals surface area contributed by atoms with Gasteiger partial charge in [-0.05, 0) is 26.3 Å². The molecule has 3 heteroatoms. The Morgan fingerprint density at radius 1 is 1.31 bits per heavy atom. The summed E-state index contributed by atoms with van der Waals surface area (Å²) >= 11 is 0. The molecule has 0 aliphatic heterocycles. The Bertz CT molecular complexity index is 323. The molecule has 16 heavy (non-hydrogen) atoms. The Hall–Kier alpha value is -1.77. The highest BCUT2D eigenvalue weighted by molar-refractivity contribution is 5.57. The Labute approximate surface area is 96.4 Å². The summed E-state index contributed by atoms with van der Waals surface area (Å²) in [6.07, 6.45) is 0.609. The number of rotatable bonds is 1. The van der Waals surface area contributed by atoms with Crippen molar-refractivity contribution < 1.29 is 14.6 Å². The van der Waals surface area contributed by atoms with Crippen molar-refractivity contribution in [2.24, 2.45) is 0 Å². The third kappa shape index (κ3) is 8.81. The third-order valence-corrected chi connectivity index (χ3v) is 1.43. The Balaban J connectivity index is 0.000000281. The van der Waals surface area contributed by atoms with Crippen LogP contribution in [0.4, 0.5) is 4.79 Å². The quantitative estimate of drug-likeness (QED) is 0.735. The van der Waals surface area contributed by atoms with Gasteiger partial charge in [-0.25, -0.2) is 4.79 Å². The van der Waals surface area contributed by atoms with Crippen molar-refractivity contribution in [1.82, 2.24) is 0 Å². The number of benzene rings is 1. The smallest absolute Gasteiger partial charge is 0.450 e. The van der Waals surface area contributed by atoms with E-state index < -0.39 is 11.8 Å². The molecule has 1 rings (SSSR count). The summed E-state index contributed by atoms with van der Waals surface area (Å²) in [6, 6.07) is 10.0. The molecule has 0 unspecified atom stereocenters. The van der Waals surface area contributed by atoms with Gasteiger partial charge in [0.2, 0.25) is 0 Å². The standard InChI is InChI=1S/C8H8.C5H10O3/c1-2-8-6-4-3-5-7-8;1-5(2,3)8-4(6)7/h2-7H,1H2;1-3H3,(H,6,7). The van der Waals surface area contributed by atoms with Gasteiger partial charge in [-0.1, -0.05) is 43.0 Å². The van der Waals surface area contributed by atoms with E-state index in [0.29, 0.717) is 0 Å². The van der Waals surface area contributed by atoms with Crippen molar-refractivity contribution >= 4 is 12.2 Å². The van der Waals surface area contributed by atoms with Gasteiger partial charge in [-0.3, -0.25) is 0 Å². The Morgan fingerprint density at radius 3 is 2.00 bits per heavy atom. The van der Waals surface area contributed by atoms with Crippen molar-refractivity contribution in [2.45, 2.75) is 26.4 Å². The predicted octanol–water partition coefficient (Wildman–Crippen LogP) is 3.81. The van der Waals surface area contributed by atoms with Crippen molar-refractivity contribution in [3.8, 4) is 0 Å². The highest BCUT2D eigenvalue weighted by Gasteiger charge is 2.13. The lowest BCUT2D eigenvalue weighted by molar-refractivity contribution is 0.0150. The fourth-order valence-corrected chi connectivity index (χ4v) is 0.851. The van der Waals surface area contributed by atoms with E-state index in [9.17, 15) is 4.79 Å². The highest BCUT2D eigenvalue weighted by atomic mass is 16.7. The fourth-order valence-electron chi connectivity index (χ4n) is 0.851. The van der Waals surface area contributed by atoms with Crippen molar-refractivity contribution in [1.29, 1.82) is 0 Å². The van der Waals surface area contributed by atoms with E-state index in [2.05, 4.69) is 11.3 Å². The van der Waals surface area contributed by atoms with Gasteiger partial charge in [0.25, 0.3) is 0 Å². The van der Waals surface area contributed by atoms with Crippen LogP contribution in [0.5, 0.6) is 0 Å².